The van der Waals surface area contributed by atoms with Crippen molar-refractivity contribution in [3.63, 3.8) is 0 Å². The zero-order valence-electron chi connectivity index (χ0n) is 67.7. The van der Waals surface area contributed by atoms with E-state index in [0.717, 1.165) is 199 Å². The Labute approximate surface area is 656 Å². The Morgan fingerprint density at radius 2 is 0.481 bits per heavy atom. The molecular formula is C89H150O17P2. The molecule has 0 saturated heterocycles. The first kappa shape index (κ1) is 103. The minimum absolute atomic E-state index is 0.0683. The molecular weight excluding hydrogens is 1400 g/mol. The molecule has 0 spiro atoms. The van der Waals surface area contributed by atoms with Crippen molar-refractivity contribution in [3.8, 4) is 0 Å². The molecule has 0 bridgehead atoms. The summed E-state index contributed by atoms with van der Waals surface area (Å²) in [5, 5.41) is 10.7. The zero-order chi connectivity index (χ0) is 78.9. The number of phosphoric ester groups is 2. The van der Waals surface area contributed by atoms with Crippen molar-refractivity contribution in [2.75, 3.05) is 39.6 Å². The van der Waals surface area contributed by atoms with Crippen LogP contribution in [0.2, 0.25) is 0 Å². The number of aliphatic hydroxyl groups is 1. The van der Waals surface area contributed by atoms with E-state index in [4.69, 9.17) is 37.0 Å². The van der Waals surface area contributed by atoms with E-state index >= 15 is 0 Å². The maximum absolute atomic E-state index is 13.1. The van der Waals surface area contributed by atoms with Crippen molar-refractivity contribution < 1.29 is 80.2 Å². The molecule has 0 aliphatic carbocycles. The molecule has 618 valence electrons. The summed E-state index contributed by atoms with van der Waals surface area (Å²) in [6, 6.07) is 0. The lowest BCUT2D eigenvalue weighted by Gasteiger charge is -2.21. The van der Waals surface area contributed by atoms with Crippen molar-refractivity contribution in [1.29, 1.82) is 0 Å². The van der Waals surface area contributed by atoms with Crippen molar-refractivity contribution in [2.45, 2.75) is 354 Å². The van der Waals surface area contributed by atoms with Gasteiger partial charge in [0.25, 0.3) is 0 Å². The molecule has 0 amide bonds. The monoisotopic (exact) mass is 1550 g/mol. The first-order valence-electron chi connectivity index (χ1n) is 42.1. The van der Waals surface area contributed by atoms with Gasteiger partial charge in [-0.3, -0.25) is 37.3 Å². The van der Waals surface area contributed by atoms with Crippen LogP contribution in [0.4, 0.5) is 0 Å². The summed E-state index contributed by atoms with van der Waals surface area (Å²) in [5.74, 6) is -2.25. The third-order valence-corrected chi connectivity index (χ3v) is 19.2. The number of aliphatic hydroxyl groups excluding tert-OH is 1. The summed E-state index contributed by atoms with van der Waals surface area (Å²) < 4.78 is 68.7. The number of allylic oxidation sites excluding steroid dienone is 24. The summed E-state index contributed by atoms with van der Waals surface area (Å²) in [6.07, 6.45) is 92.4. The molecule has 0 aromatic heterocycles. The molecule has 108 heavy (non-hydrogen) atoms. The molecule has 19 heteroatoms. The molecule has 0 radical (unpaired) electrons. The quantitative estimate of drug-likeness (QED) is 0.0169. The number of hydrogen-bond donors (Lipinski definition) is 3. The largest absolute Gasteiger partial charge is 0.472 e. The fourth-order valence-electron chi connectivity index (χ4n) is 10.9. The molecule has 5 atom stereocenters. The van der Waals surface area contributed by atoms with Crippen LogP contribution in [0.25, 0.3) is 0 Å². The number of carbonyl (C=O) groups excluding carboxylic acids is 4. The number of unbranched alkanes of at least 4 members (excludes halogenated alkanes) is 28. The third-order valence-electron chi connectivity index (χ3n) is 17.3. The van der Waals surface area contributed by atoms with E-state index in [1.165, 1.54) is 57.8 Å². The maximum Gasteiger partial charge on any atom is 0.472 e. The number of rotatable bonds is 78. The van der Waals surface area contributed by atoms with Crippen LogP contribution in [-0.4, -0.2) is 96.7 Å². The van der Waals surface area contributed by atoms with Crippen molar-refractivity contribution in [3.05, 3.63) is 146 Å². The van der Waals surface area contributed by atoms with Gasteiger partial charge in [0.2, 0.25) is 0 Å². The van der Waals surface area contributed by atoms with E-state index < -0.39 is 97.5 Å². The van der Waals surface area contributed by atoms with Gasteiger partial charge in [0.1, 0.15) is 19.3 Å². The Bertz CT molecular complexity index is 2610. The predicted octanol–water partition coefficient (Wildman–Crippen LogP) is 25.0. The Morgan fingerprint density at radius 1 is 0.269 bits per heavy atom. The Balaban J connectivity index is 5.44. The third kappa shape index (κ3) is 79.0. The minimum Gasteiger partial charge on any atom is -0.462 e. The molecule has 0 fully saturated rings. The number of esters is 4. The van der Waals surface area contributed by atoms with Gasteiger partial charge in [-0.1, -0.05) is 289 Å². The van der Waals surface area contributed by atoms with Crippen LogP contribution in [0.15, 0.2) is 146 Å². The second kappa shape index (κ2) is 80.0. The smallest absolute Gasteiger partial charge is 0.462 e. The Hall–Kier alpha value is -5.06. The Kier molecular flexibility index (Phi) is 76.3. The van der Waals surface area contributed by atoms with Crippen LogP contribution in [0.1, 0.15) is 336 Å². The van der Waals surface area contributed by atoms with Gasteiger partial charge in [-0.2, -0.15) is 0 Å². The molecule has 0 rings (SSSR count). The van der Waals surface area contributed by atoms with Gasteiger partial charge in [-0.05, 0) is 167 Å². The number of hydrogen-bond acceptors (Lipinski definition) is 15. The first-order chi connectivity index (χ1) is 52.7. The first-order valence-corrected chi connectivity index (χ1v) is 45.1. The van der Waals surface area contributed by atoms with Crippen LogP contribution in [0.3, 0.4) is 0 Å². The second-order valence-corrected chi connectivity index (χ2v) is 30.6. The summed E-state index contributed by atoms with van der Waals surface area (Å²) in [6.45, 7) is 4.56. The topological polar surface area (TPSA) is 237 Å². The average Bonchev–Trinajstić information content (AvgIpc) is 0.896. The van der Waals surface area contributed by atoms with Crippen LogP contribution in [-0.2, 0) is 65.4 Å². The highest BCUT2D eigenvalue weighted by molar-refractivity contribution is 7.47. The van der Waals surface area contributed by atoms with Crippen molar-refractivity contribution >= 4 is 39.5 Å². The lowest BCUT2D eigenvalue weighted by Crippen LogP contribution is -2.30. The fourth-order valence-corrected chi connectivity index (χ4v) is 12.5. The lowest BCUT2D eigenvalue weighted by molar-refractivity contribution is -0.161. The fraction of sp³-hybridized carbons (Fsp3) is 0.685. The molecule has 0 heterocycles. The second-order valence-electron chi connectivity index (χ2n) is 27.6. The van der Waals surface area contributed by atoms with Crippen molar-refractivity contribution in [1.82, 2.24) is 0 Å². The summed E-state index contributed by atoms with van der Waals surface area (Å²) in [5.41, 5.74) is 0. The molecule has 17 nitrogen and oxygen atoms in total. The summed E-state index contributed by atoms with van der Waals surface area (Å²) >= 11 is 0. The molecule has 0 aromatic rings. The molecule has 0 aromatic carbocycles. The normalized spacial score (nSPS) is 14.5. The lowest BCUT2D eigenvalue weighted by atomic mass is 10.1. The highest BCUT2D eigenvalue weighted by Gasteiger charge is 2.30. The highest BCUT2D eigenvalue weighted by Crippen LogP contribution is 2.45. The minimum atomic E-state index is -5.00. The predicted molar refractivity (Wildman–Crippen MR) is 445 cm³/mol. The van der Waals surface area contributed by atoms with E-state index in [2.05, 4.69) is 174 Å². The van der Waals surface area contributed by atoms with E-state index in [1.54, 1.807) is 0 Å². The van der Waals surface area contributed by atoms with E-state index in [9.17, 15) is 43.2 Å². The van der Waals surface area contributed by atoms with E-state index in [1.807, 2.05) is 0 Å². The van der Waals surface area contributed by atoms with E-state index in [0.29, 0.717) is 25.7 Å². The van der Waals surface area contributed by atoms with Gasteiger partial charge < -0.3 is 33.8 Å². The number of phosphoric acid groups is 2. The summed E-state index contributed by atoms with van der Waals surface area (Å²) in [7, 11) is -9.99. The van der Waals surface area contributed by atoms with Crippen LogP contribution < -0.4 is 0 Å². The average molecular weight is 1550 g/mol. The van der Waals surface area contributed by atoms with Gasteiger partial charge in [0.05, 0.1) is 26.4 Å². The van der Waals surface area contributed by atoms with Gasteiger partial charge in [-0.25, -0.2) is 9.13 Å². The molecule has 3 N–H and O–H groups in total. The molecule has 0 saturated carbocycles. The van der Waals surface area contributed by atoms with Gasteiger partial charge in [-0.15, -0.1) is 0 Å². The van der Waals surface area contributed by atoms with Crippen molar-refractivity contribution in [2.24, 2.45) is 0 Å². The molecule has 0 aliphatic rings. The number of ether oxygens (including phenoxy) is 4. The highest BCUT2D eigenvalue weighted by atomic mass is 31.2. The van der Waals surface area contributed by atoms with Crippen LogP contribution in [0, 0.1) is 0 Å². The SMILES string of the molecule is CC/C=C\C/C=C\C/C=C\C/C=C\C/C=C\CCCCCC(=O)OCC(COP(=O)(O)OCC(O)COP(=O)(O)OCC(COC(=O)CCCCCCC/C=C\C/C=C\C/C=C\CC)OC(=O)CCCCCCC/C=C\CCCCCCCC)OC(=O)CCCCCCCC/C=C\C/C=C\C/C=C\CCCCC. The van der Waals surface area contributed by atoms with Gasteiger partial charge in [0, 0.05) is 25.7 Å². The summed E-state index contributed by atoms with van der Waals surface area (Å²) in [4.78, 5) is 73.2. The standard InChI is InChI=1S/C89H150O17P2/c1-5-9-13-17-21-25-29-33-37-39-41-43-47-50-54-58-62-66-70-74-87(92)100-80-85(106-89(94)76-72-68-64-60-56-52-48-44-42-40-38-34-30-26-22-18-14-10-6-2)82-104-108(97,98)102-78-83(90)77-101-107(95,96)103-81-84(105-88(93)75-71-67-63-59-55-51-46-36-32-28-24-20-16-12-8-4)79-99-86(91)73-69-65-61-57-53-49-45-35-31-27-23-19-15-11-7-3/h9,11,13,15,21-23,25-27,33-38,41-46,50,54,83-85,90H,5-8,10,12,14,16-20,24,28-32,39-40,47-49,51-53,55-82H2,1-4H3,(H,95,96)(H,97,98)/b13-9-,15-11-,25-21-,26-22-,27-23-,37-33-,38-34-,43-41-,44-42-,45-35-,46-36-,54-50-. The Morgan fingerprint density at radius 3 is 0.778 bits per heavy atom. The van der Waals surface area contributed by atoms with Crippen LogP contribution >= 0.6 is 15.6 Å². The maximum atomic E-state index is 13.1. The molecule has 5 unspecified atom stereocenters. The van der Waals surface area contributed by atoms with Crippen LogP contribution in [0.5, 0.6) is 0 Å². The van der Waals surface area contributed by atoms with E-state index in [-0.39, 0.29) is 25.7 Å². The molecule has 0 aliphatic heterocycles. The van der Waals surface area contributed by atoms with Gasteiger partial charge >= 0.3 is 39.5 Å². The van der Waals surface area contributed by atoms with Gasteiger partial charge in [0.15, 0.2) is 12.2 Å². The zero-order valence-corrected chi connectivity index (χ0v) is 69.5. The number of carbonyl (C=O) groups is 4.